The molecule has 25 heavy (non-hydrogen) atoms. The molecule has 0 aromatic heterocycles. The molecule has 0 unspecified atom stereocenters. The van der Waals surface area contributed by atoms with Gasteiger partial charge in [-0.1, -0.05) is 12.1 Å². The Kier molecular flexibility index (Phi) is 5.73. The maximum absolute atomic E-state index is 11.4. The summed E-state index contributed by atoms with van der Waals surface area (Å²) >= 11 is 0. The molecule has 0 saturated heterocycles. The molecule has 0 radical (unpaired) electrons. The highest BCUT2D eigenvalue weighted by atomic mass is 16.6. The second kappa shape index (κ2) is 7.96. The molecular formula is C18H16O7. The minimum absolute atomic E-state index is 0.00611. The maximum atomic E-state index is 11.4. The summed E-state index contributed by atoms with van der Waals surface area (Å²) in [4.78, 5) is 33.8. The molecule has 0 amide bonds. The van der Waals surface area contributed by atoms with Crippen molar-refractivity contribution in [3.8, 4) is 28.7 Å². The van der Waals surface area contributed by atoms with Gasteiger partial charge in [-0.15, -0.1) is 0 Å². The third-order valence-corrected chi connectivity index (χ3v) is 2.99. The van der Waals surface area contributed by atoms with E-state index in [0.29, 0.717) is 11.8 Å². The predicted molar refractivity (Wildman–Crippen MR) is 87.5 cm³/mol. The SMILES string of the molecule is COc1cc(OC(C)=O)cc(Oc2ccccc2C=O)c1OC(C)=O. The zero-order valence-electron chi connectivity index (χ0n) is 13.9. The fourth-order valence-corrected chi connectivity index (χ4v) is 2.04. The van der Waals surface area contributed by atoms with E-state index in [1.165, 1.54) is 33.1 Å². The monoisotopic (exact) mass is 344 g/mol. The minimum atomic E-state index is -0.591. The van der Waals surface area contributed by atoms with Crippen LogP contribution in [0.2, 0.25) is 0 Å². The summed E-state index contributed by atoms with van der Waals surface area (Å²) in [5.74, 6) is -0.556. The van der Waals surface area contributed by atoms with E-state index in [4.69, 9.17) is 18.9 Å². The van der Waals surface area contributed by atoms with Gasteiger partial charge in [-0.3, -0.25) is 14.4 Å². The molecule has 2 rings (SSSR count). The Hall–Kier alpha value is -3.35. The number of aldehydes is 1. The summed E-state index contributed by atoms with van der Waals surface area (Å²) in [7, 11) is 1.36. The standard InChI is InChI=1S/C18H16O7/c1-11(20)23-14-8-16(22-3)18(24-12(2)21)17(9-14)25-15-7-5-4-6-13(15)10-19/h4-10H,1-3H3. The summed E-state index contributed by atoms with van der Waals surface area (Å²) in [6, 6.07) is 9.26. The van der Waals surface area contributed by atoms with Crippen molar-refractivity contribution in [2.75, 3.05) is 7.11 Å². The molecule has 0 aliphatic rings. The highest BCUT2D eigenvalue weighted by Crippen LogP contribution is 2.43. The van der Waals surface area contributed by atoms with Gasteiger partial charge in [-0.05, 0) is 12.1 Å². The van der Waals surface area contributed by atoms with Crippen molar-refractivity contribution in [3.63, 3.8) is 0 Å². The van der Waals surface area contributed by atoms with Crippen molar-refractivity contribution in [2.45, 2.75) is 13.8 Å². The van der Waals surface area contributed by atoms with E-state index < -0.39 is 11.9 Å². The summed E-state index contributed by atoms with van der Waals surface area (Å²) in [5.41, 5.74) is 0.299. The lowest BCUT2D eigenvalue weighted by atomic mass is 10.2. The van der Waals surface area contributed by atoms with E-state index in [1.807, 2.05) is 0 Å². The molecule has 0 spiro atoms. The Balaban J connectivity index is 2.56. The van der Waals surface area contributed by atoms with Gasteiger partial charge in [0.2, 0.25) is 5.75 Å². The summed E-state index contributed by atoms with van der Waals surface area (Å²) in [5, 5.41) is 0. The number of benzene rings is 2. The molecule has 0 N–H and O–H groups in total. The molecular weight excluding hydrogens is 328 g/mol. The molecule has 0 saturated carbocycles. The van der Waals surface area contributed by atoms with Crippen molar-refractivity contribution in [2.24, 2.45) is 0 Å². The maximum Gasteiger partial charge on any atom is 0.308 e. The van der Waals surface area contributed by atoms with Crippen molar-refractivity contribution in [3.05, 3.63) is 42.0 Å². The summed E-state index contributed by atoms with van der Waals surface area (Å²) < 4.78 is 21.1. The topological polar surface area (TPSA) is 88.1 Å². The van der Waals surface area contributed by atoms with Gasteiger partial charge in [0.1, 0.15) is 11.5 Å². The quantitative estimate of drug-likeness (QED) is 0.452. The minimum Gasteiger partial charge on any atom is -0.493 e. The number of para-hydroxylation sites is 1. The Labute approximate surface area is 144 Å². The first-order valence-electron chi connectivity index (χ1n) is 7.25. The van der Waals surface area contributed by atoms with Crippen LogP contribution in [-0.4, -0.2) is 25.3 Å². The van der Waals surface area contributed by atoms with Crippen LogP contribution in [0, 0.1) is 0 Å². The number of hydrogen-bond donors (Lipinski definition) is 0. The van der Waals surface area contributed by atoms with Crippen LogP contribution in [0.3, 0.4) is 0 Å². The van der Waals surface area contributed by atoms with E-state index >= 15 is 0 Å². The van der Waals surface area contributed by atoms with Crippen LogP contribution in [0.15, 0.2) is 36.4 Å². The van der Waals surface area contributed by atoms with Gasteiger partial charge in [-0.2, -0.15) is 0 Å². The lowest BCUT2D eigenvalue weighted by Gasteiger charge is -2.16. The van der Waals surface area contributed by atoms with E-state index in [0.717, 1.165) is 0 Å². The fourth-order valence-electron chi connectivity index (χ4n) is 2.04. The second-order valence-electron chi connectivity index (χ2n) is 4.90. The first-order valence-corrected chi connectivity index (χ1v) is 7.25. The van der Waals surface area contributed by atoms with Gasteiger partial charge in [-0.25, -0.2) is 0 Å². The summed E-state index contributed by atoms with van der Waals surface area (Å²) in [6.45, 7) is 2.47. The van der Waals surface area contributed by atoms with Crippen molar-refractivity contribution < 1.29 is 33.3 Å². The van der Waals surface area contributed by atoms with Gasteiger partial charge >= 0.3 is 11.9 Å². The number of carbonyl (C=O) groups is 3. The zero-order chi connectivity index (χ0) is 18.4. The van der Waals surface area contributed by atoms with Crippen molar-refractivity contribution in [1.82, 2.24) is 0 Å². The zero-order valence-corrected chi connectivity index (χ0v) is 13.9. The number of hydrogen-bond acceptors (Lipinski definition) is 7. The normalized spacial score (nSPS) is 9.88. The third kappa shape index (κ3) is 4.57. The van der Waals surface area contributed by atoms with E-state index in [-0.39, 0.29) is 28.7 Å². The van der Waals surface area contributed by atoms with E-state index in [1.54, 1.807) is 24.3 Å². The molecule has 0 aliphatic carbocycles. The lowest BCUT2D eigenvalue weighted by molar-refractivity contribution is -0.133. The second-order valence-corrected chi connectivity index (χ2v) is 4.90. The van der Waals surface area contributed by atoms with E-state index in [2.05, 4.69) is 0 Å². The van der Waals surface area contributed by atoms with Gasteiger partial charge in [0.25, 0.3) is 0 Å². The van der Waals surface area contributed by atoms with Crippen LogP contribution in [0.5, 0.6) is 28.7 Å². The van der Waals surface area contributed by atoms with Crippen molar-refractivity contribution >= 4 is 18.2 Å². The molecule has 0 bridgehead atoms. The van der Waals surface area contributed by atoms with Crippen LogP contribution in [0.4, 0.5) is 0 Å². The van der Waals surface area contributed by atoms with Crippen LogP contribution in [-0.2, 0) is 9.59 Å². The van der Waals surface area contributed by atoms with Crippen molar-refractivity contribution in [1.29, 1.82) is 0 Å². The molecule has 2 aromatic carbocycles. The average Bonchev–Trinajstić information content (AvgIpc) is 2.56. The smallest absolute Gasteiger partial charge is 0.308 e. The summed E-state index contributed by atoms with van der Waals surface area (Å²) in [6.07, 6.45) is 0.633. The molecule has 0 heterocycles. The first-order chi connectivity index (χ1) is 11.9. The van der Waals surface area contributed by atoms with Crippen LogP contribution in [0.1, 0.15) is 24.2 Å². The van der Waals surface area contributed by atoms with Gasteiger partial charge < -0.3 is 18.9 Å². The fraction of sp³-hybridized carbons (Fsp3) is 0.167. The largest absolute Gasteiger partial charge is 0.493 e. The number of ether oxygens (including phenoxy) is 4. The number of methoxy groups -OCH3 is 1. The van der Waals surface area contributed by atoms with Gasteiger partial charge in [0.15, 0.2) is 17.8 Å². The molecule has 0 aliphatic heterocycles. The number of esters is 2. The molecule has 7 nitrogen and oxygen atoms in total. The van der Waals surface area contributed by atoms with Gasteiger partial charge in [0.05, 0.1) is 12.7 Å². The third-order valence-electron chi connectivity index (χ3n) is 2.99. The molecule has 130 valence electrons. The van der Waals surface area contributed by atoms with E-state index in [9.17, 15) is 14.4 Å². The number of rotatable bonds is 6. The number of carbonyl (C=O) groups excluding carboxylic acids is 3. The van der Waals surface area contributed by atoms with Gasteiger partial charge in [0, 0.05) is 26.0 Å². The molecule has 2 aromatic rings. The molecule has 0 atom stereocenters. The average molecular weight is 344 g/mol. The molecule has 7 heteroatoms. The first kappa shape index (κ1) is 18.0. The Morgan fingerprint density at radius 2 is 1.56 bits per heavy atom. The van der Waals surface area contributed by atoms with Crippen LogP contribution in [0.25, 0.3) is 0 Å². The highest BCUT2D eigenvalue weighted by molar-refractivity contribution is 5.80. The predicted octanol–water partition coefficient (Wildman–Crippen LogP) is 3.15. The molecule has 0 fully saturated rings. The van der Waals surface area contributed by atoms with Crippen LogP contribution >= 0.6 is 0 Å². The van der Waals surface area contributed by atoms with Crippen LogP contribution < -0.4 is 18.9 Å². The Morgan fingerprint density at radius 3 is 2.16 bits per heavy atom. The Bertz CT molecular complexity index is 811. The highest BCUT2D eigenvalue weighted by Gasteiger charge is 2.19. The lowest BCUT2D eigenvalue weighted by Crippen LogP contribution is -2.07. The Morgan fingerprint density at radius 1 is 0.920 bits per heavy atom.